The van der Waals surface area contributed by atoms with Gasteiger partial charge in [-0.3, -0.25) is 0 Å². The van der Waals surface area contributed by atoms with Crippen LogP contribution in [0.5, 0.6) is 0 Å². The molecule has 1 rings (SSSR count). The Morgan fingerprint density at radius 2 is 1.60 bits per heavy atom. The van der Waals surface area contributed by atoms with Crippen LogP contribution in [-0.2, 0) is 27.1 Å². The number of nitriles is 1. The van der Waals surface area contributed by atoms with Gasteiger partial charge >= 0.3 is 16.2 Å². The molecule has 0 saturated heterocycles. The minimum absolute atomic E-state index is 0.494. The fourth-order valence-electron chi connectivity index (χ4n) is 0.848. The topological polar surface area (TPSA) is 126 Å². The SMILES string of the molecule is C[n+]1cc[nH]c1SCC#N.O=S(=O)([N-]S(=O)(=O)C(F)(F)F)C(F)(F)F. The van der Waals surface area contributed by atoms with E-state index < -0.39 is 31.1 Å². The van der Waals surface area contributed by atoms with Crippen LogP contribution in [0.4, 0.5) is 26.3 Å². The number of alkyl halides is 6. The predicted molar refractivity (Wildman–Crippen MR) is 71.6 cm³/mol. The van der Waals surface area contributed by atoms with Gasteiger partial charge in [-0.15, -0.1) is 0 Å². The maximum absolute atomic E-state index is 11.4. The van der Waals surface area contributed by atoms with Gasteiger partial charge in [-0.1, -0.05) is 0 Å². The molecule has 8 nitrogen and oxygen atoms in total. The number of aromatic nitrogens is 2. The average molecular weight is 434 g/mol. The van der Waals surface area contributed by atoms with E-state index in [2.05, 4.69) is 11.1 Å². The Morgan fingerprint density at radius 3 is 1.88 bits per heavy atom. The van der Waals surface area contributed by atoms with Crippen LogP contribution in [0.3, 0.4) is 0 Å². The normalized spacial score (nSPS) is 12.9. The van der Waals surface area contributed by atoms with Crippen LogP contribution >= 0.6 is 11.8 Å². The number of aryl methyl sites for hydroxylation is 1. The number of hydrogen-bond donors (Lipinski definition) is 1. The lowest BCUT2D eigenvalue weighted by Crippen LogP contribution is -2.30. The highest BCUT2D eigenvalue weighted by Crippen LogP contribution is 2.36. The van der Waals surface area contributed by atoms with Crippen molar-refractivity contribution in [2.24, 2.45) is 7.05 Å². The van der Waals surface area contributed by atoms with Crippen molar-refractivity contribution in [1.82, 2.24) is 4.98 Å². The molecule has 0 saturated carbocycles. The Hall–Kier alpha value is -1.51. The molecule has 1 heterocycles. The van der Waals surface area contributed by atoms with Crippen molar-refractivity contribution in [1.29, 1.82) is 5.26 Å². The van der Waals surface area contributed by atoms with E-state index in [4.69, 9.17) is 5.26 Å². The molecule has 0 aliphatic heterocycles. The fourth-order valence-corrected chi connectivity index (χ4v) is 3.17. The molecule has 0 aliphatic carbocycles. The molecular formula is C8H8F6N4O4S3. The zero-order valence-corrected chi connectivity index (χ0v) is 14.3. The number of thioether (sulfide) groups is 1. The van der Waals surface area contributed by atoms with Crippen molar-refractivity contribution in [3.8, 4) is 6.07 Å². The van der Waals surface area contributed by atoms with Gasteiger partial charge in [0, 0.05) is 0 Å². The molecule has 0 bridgehead atoms. The van der Waals surface area contributed by atoms with E-state index in [0.29, 0.717) is 5.75 Å². The number of nitrogens with one attached hydrogen (secondary N) is 1. The summed E-state index contributed by atoms with van der Waals surface area (Å²) in [4.78, 5) is 3.02. The minimum Gasteiger partial charge on any atom is -0.421 e. The second kappa shape index (κ2) is 8.25. The largest absolute Gasteiger partial charge is 0.480 e. The predicted octanol–water partition coefficient (Wildman–Crippen LogP) is 1.51. The van der Waals surface area contributed by atoms with Gasteiger partial charge < -0.3 is 4.13 Å². The molecule has 0 aliphatic rings. The standard InChI is InChI=1S/C6H7N3S.C2F6NO4S2/c1-9-4-3-8-6(9)10-5-2-7;3-1(4,5)14(10,11)9-15(12,13)2(6,7)8/h3-4H,5H2,1H3;/q;-1/p+1. The second-order valence-electron chi connectivity index (χ2n) is 3.74. The van der Waals surface area contributed by atoms with Crippen LogP contribution in [0.1, 0.15) is 0 Å². The quantitative estimate of drug-likeness (QED) is 0.435. The van der Waals surface area contributed by atoms with Gasteiger partial charge in [0.2, 0.25) is 0 Å². The molecule has 0 fully saturated rings. The Balaban J connectivity index is 0.000000496. The summed E-state index contributed by atoms with van der Waals surface area (Å²) < 4.78 is 111. The highest BCUT2D eigenvalue weighted by molar-refractivity contribution is 8.13. The van der Waals surface area contributed by atoms with Gasteiger partial charge in [-0.05, 0) is 11.8 Å². The van der Waals surface area contributed by atoms with Crippen molar-refractivity contribution >= 4 is 31.8 Å². The van der Waals surface area contributed by atoms with Crippen LogP contribution in [-0.4, -0.2) is 38.6 Å². The smallest absolute Gasteiger partial charge is 0.421 e. The monoisotopic (exact) mass is 434 g/mol. The molecule has 0 radical (unpaired) electrons. The van der Waals surface area contributed by atoms with Crippen LogP contribution in [0.2, 0.25) is 0 Å². The highest BCUT2D eigenvalue weighted by Gasteiger charge is 2.46. The van der Waals surface area contributed by atoms with Gasteiger partial charge in [-0.25, -0.2) is 26.4 Å². The summed E-state index contributed by atoms with van der Waals surface area (Å²) >= 11 is 1.50. The summed E-state index contributed by atoms with van der Waals surface area (Å²) in [6, 6.07) is 2.06. The molecule has 0 spiro atoms. The zero-order valence-electron chi connectivity index (χ0n) is 11.8. The van der Waals surface area contributed by atoms with Crippen molar-refractivity contribution in [2.45, 2.75) is 16.2 Å². The van der Waals surface area contributed by atoms with E-state index >= 15 is 0 Å². The van der Waals surface area contributed by atoms with Gasteiger partial charge in [-0.2, -0.15) is 31.6 Å². The lowest BCUT2D eigenvalue weighted by molar-refractivity contribution is -0.708. The van der Waals surface area contributed by atoms with Crippen LogP contribution in [0.25, 0.3) is 4.13 Å². The molecule has 1 aromatic heterocycles. The Morgan fingerprint density at radius 1 is 1.16 bits per heavy atom. The van der Waals surface area contributed by atoms with Gasteiger partial charge in [0.05, 0.1) is 18.9 Å². The number of imidazole rings is 1. The van der Waals surface area contributed by atoms with E-state index in [1.165, 1.54) is 11.8 Å². The molecule has 0 aromatic carbocycles. The first kappa shape index (κ1) is 23.5. The maximum atomic E-state index is 11.4. The molecular weight excluding hydrogens is 426 g/mol. The van der Waals surface area contributed by atoms with Crippen molar-refractivity contribution in [3.05, 3.63) is 16.5 Å². The van der Waals surface area contributed by atoms with Crippen LogP contribution in [0.15, 0.2) is 17.6 Å². The van der Waals surface area contributed by atoms with E-state index in [1.807, 2.05) is 24.0 Å². The third kappa shape index (κ3) is 7.09. The molecule has 1 N–H and O–H groups in total. The highest BCUT2D eigenvalue weighted by atomic mass is 32.3. The average Bonchev–Trinajstić information content (AvgIpc) is 2.78. The second-order valence-corrected chi connectivity index (χ2v) is 8.13. The molecule has 0 unspecified atom stereocenters. The lowest BCUT2D eigenvalue weighted by atomic mass is 10.9. The molecule has 0 atom stereocenters. The van der Waals surface area contributed by atoms with Crippen LogP contribution < -0.4 is 4.57 Å². The number of aromatic amines is 1. The third-order valence-corrected chi connectivity index (χ3v) is 5.57. The number of H-pyrrole nitrogens is 1. The first-order valence-electron chi connectivity index (χ1n) is 5.44. The first-order valence-corrected chi connectivity index (χ1v) is 9.31. The number of halogens is 6. The fraction of sp³-hybridized carbons (Fsp3) is 0.500. The van der Waals surface area contributed by atoms with Crippen molar-refractivity contribution in [2.75, 3.05) is 5.75 Å². The zero-order chi connectivity index (χ0) is 20.1. The number of nitrogens with zero attached hydrogens (tertiary/aromatic N) is 3. The molecule has 144 valence electrons. The third-order valence-electron chi connectivity index (χ3n) is 1.88. The maximum Gasteiger partial charge on any atom is 0.480 e. The number of hydrogen-bond acceptors (Lipinski definition) is 6. The Bertz CT molecular complexity index is 779. The summed E-state index contributed by atoms with van der Waals surface area (Å²) in [6.45, 7) is 0. The van der Waals surface area contributed by atoms with Gasteiger partial charge in [0.25, 0.3) is 0 Å². The molecule has 1 aromatic rings. The lowest BCUT2D eigenvalue weighted by Gasteiger charge is -2.22. The summed E-state index contributed by atoms with van der Waals surface area (Å²) in [7, 11) is -11.5. The molecule has 17 heteroatoms. The number of sulfonamides is 2. The summed E-state index contributed by atoms with van der Waals surface area (Å²) in [5.41, 5.74) is -12.4. The summed E-state index contributed by atoms with van der Waals surface area (Å²) in [5.74, 6) is 0.494. The summed E-state index contributed by atoms with van der Waals surface area (Å²) in [6.07, 6.45) is 3.76. The van der Waals surface area contributed by atoms with E-state index in [1.54, 1.807) is 0 Å². The van der Waals surface area contributed by atoms with Gasteiger partial charge in [0.1, 0.15) is 12.4 Å². The van der Waals surface area contributed by atoms with E-state index in [0.717, 1.165) is 9.28 Å². The summed E-state index contributed by atoms with van der Waals surface area (Å²) in [5, 5.41) is 9.28. The van der Waals surface area contributed by atoms with E-state index in [9.17, 15) is 43.2 Å². The Kier molecular flexibility index (Phi) is 7.75. The van der Waals surface area contributed by atoms with Crippen LogP contribution in [0, 0.1) is 11.3 Å². The van der Waals surface area contributed by atoms with Crippen molar-refractivity contribution in [3.63, 3.8) is 0 Å². The first-order chi connectivity index (χ1) is 11.0. The molecule has 25 heavy (non-hydrogen) atoms. The van der Waals surface area contributed by atoms with E-state index in [-0.39, 0.29) is 0 Å². The molecule has 0 amide bonds. The minimum atomic E-state index is -6.72. The van der Waals surface area contributed by atoms with Crippen molar-refractivity contribution < 1.29 is 47.7 Å². The Labute approximate surface area is 141 Å². The van der Waals surface area contributed by atoms with Gasteiger partial charge in [0.15, 0.2) is 20.0 Å². The number of rotatable bonds is 4.